The Kier molecular flexibility index (Phi) is 9.06. The van der Waals surface area contributed by atoms with Crippen molar-refractivity contribution >= 4 is 49.2 Å². The molecule has 0 aliphatic heterocycles. The lowest BCUT2D eigenvalue weighted by molar-refractivity contribution is 1.04. The van der Waals surface area contributed by atoms with Crippen molar-refractivity contribution in [3.05, 3.63) is 231 Å². The third-order valence-electron chi connectivity index (χ3n) is 11.7. The maximum absolute atomic E-state index is 5.20. The molecule has 292 valence electrons. The molecule has 0 aliphatic carbocycles. The quantitative estimate of drug-likeness (QED) is 0.137. The number of hydrogen-bond donors (Lipinski definition) is 0. The largest absolute Gasteiger partial charge is 0.307 e. The molecule has 0 atom stereocenters. The van der Waals surface area contributed by atoms with Gasteiger partial charge in [-0.25, -0.2) is 15.0 Å². The molecule has 5 heteroatoms. The van der Waals surface area contributed by atoms with Gasteiger partial charge in [-0.1, -0.05) is 189 Å². The summed E-state index contributed by atoms with van der Waals surface area (Å²) in [5, 5.41) is 4.75. The topological polar surface area (TPSA) is 48.5 Å². The third kappa shape index (κ3) is 6.06. The monoisotopic (exact) mass is 793 g/mol. The van der Waals surface area contributed by atoms with Crippen molar-refractivity contribution in [2.75, 3.05) is 0 Å². The third-order valence-corrected chi connectivity index (χ3v) is 11.7. The van der Waals surface area contributed by atoms with Crippen LogP contribution < -0.4 is 0 Å². The molecule has 0 amide bonds. The van der Waals surface area contributed by atoms with Gasteiger partial charge in [0.2, 0.25) is 0 Å². The van der Waals surface area contributed by atoms with Gasteiger partial charge in [-0.15, -0.1) is 0 Å². The zero-order valence-electron chi connectivity index (χ0n) is 33.9. The summed E-state index contributed by atoms with van der Waals surface area (Å²) >= 11 is 0. The number of nitrogens with zero attached hydrogens (tertiary/aromatic N) is 5. The van der Waals surface area contributed by atoms with Gasteiger partial charge in [0.25, 0.3) is 0 Å². The van der Waals surface area contributed by atoms with E-state index >= 15 is 0 Å². The second kappa shape index (κ2) is 15.3. The molecule has 11 rings (SSSR count). The van der Waals surface area contributed by atoms with E-state index in [4.69, 9.17) is 15.0 Å². The molecule has 8 aromatic carbocycles. The Bertz CT molecular complexity index is 3470. The van der Waals surface area contributed by atoms with Crippen LogP contribution in [0, 0.1) is 0 Å². The van der Waals surface area contributed by atoms with Crippen LogP contribution in [-0.4, -0.2) is 24.1 Å². The van der Waals surface area contributed by atoms with Crippen LogP contribution in [0.3, 0.4) is 0 Å². The van der Waals surface area contributed by atoms with Crippen LogP contribution in [0.25, 0.3) is 106 Å². The number of allylic oxidation sites excluding steroid dienone is 4. The van der Waals surface area contributed by atoms with Gasteiger partial charge in [0.05, 0.1) is 27.8 Å². The van der Waals surface area contributed by atoms with E-state index in [0.29, 0.717) is 17.5 Å². The van der Waals surface area contributed by atoms with Crippen LogP contribution in [0.5, 0.6) is 0 Å². The number of aromatic nitrogens is 5. The number of fused-ring (bicyclic) bond motifs is 7. The molecule has 0 N–H and O–H groups in total. The molecule has 0 unspecified atom stereocenters. The summed E-state index contributed by atoms with van der Waals surface area (Å²) in [7, 11) is 0. The Morgan fingerprint density at radius 1 is 0.419 bits per heavy atom. The molecule has 62 heavy (non-hydrogen) atoms. The predicted molar refractivity (Wildman–Crippen MR) is 259 cm³/mol. The van der Waals surface area contributed by atoms with Crippen molar-refractivity contribution < 1.29 is 0 Å². The van der Waals surface area contributed by atoms with E-state index in [-0.39, 0.29) is 0 Å². The van der Waals surface area contributed by atoms with Gasteiger partial charge >= 0.3 is 0 Å². The van der Waals surface area contributed by atoms with E-state index in [9.17, 15) is 0 Å². The maximum Gasteiger partial charge on any atom is 0.164 e. The lowest BCUT2D eigenvalue weighted by Gasteiger charge is -2.21. The first kappa shape index (κ1) is 36.7. The molecule has 11 aromatic rings. The summed E-state index contributed by atoms with van der Waals surface area (Å²) in [5.74, 6) is 1.65. The first-order chi connectivity index (χ1) is 30.7. The smallest absolute Gasteiger partial charge is 0.164 e. The molecular weight excluding hydrogens is 755 g/mol. The zero-order chi connectivity index (χ0) is 41.6. The predicted octanol–water partition coefficient (Wildman–Crippen LogP) is 14.5. The van der Waals surface area contributed by atoms with Crippen LogP contribution in [0.15, 0.2) is 226 Å². The molecule has 0 aliphatic rings. The molecule has 0 saturated carbocycles. The summed E-state index contributed by atoms with van der Waals surface area (Å²) in [6, 6.07) is 68.8. The van der Waals surface area contributed by atoms with Crippen molar-refractivity contribution in [1.82, 2.24) is 24.1 Å². The molecule has 0 radical (unpaired) electrons. The van der Waals surface area contributed by atoms with E-state index in [1.807, 2.05) is 36.4 Å². The zero-order valence-corrected chi connectivity index (χ0v) is 33.9. The van der Waals surface area contributed by atoms with Crippen molar-refractivity contribution in [3.63, 3.8) is 0 Å². The summed E-state index contributed by atoms with van der Waals surface area (Å²) in [6.07, 6.45) is 5.38. The molecule has 3 heterocycles. The Hall–Kier alpha value is -8.41. The van der Waals surface area contributed by atoms with Gasteiger partial charge in [0.15, 0.2) is 17.5 Å². The minimum atomic E-state index is 0.522. The van der Waals surface area contributed by atoms with Gasteiger partial charge in [-0.2, -0.15) is 0 Å². The number of para-hydroxylation sites is 3. The molecule has 0 bridgehead atoms. The summed E-state index contributed by atoms with van der Waals surface area (Å²) in [6.45, 7) is 8.06. The Morgan fingerprint density at radius 3 is 1.40 bits per heavy atom. The van der Waals surface area contributed by atoms with Crippen LogP contribution in [-0.2, 0) is 0 Å². The maximum atomic E-state index is 5.20. The summed E-state index contributed by atoms with van der Waals surface area (Å²) in [5.41, 5.74) is 13.4. The summed E-state index contributed by atoms with van der Waals surface area (Å²) < 4.78 is 4.95. The lowest BCUT2D eigenvalue weighted by Crippen LogP contribution is -2.05. The van der Waals surface area contributed by atoms with E-state index < -0.39 is 0 Å². The average Bonchev–Trinajstić information content (AvgIpc) is 3.87. The molecular formula is C57H39N5. The standard InChI is InChI=1S/C57H39N5/c1-3-21-38(4-2)55-58-56(41-26-13-7-14-27-41)60-57(59-55)42-36-48(39-22-9-5-10-23-39)52(49(37-42)40-24-11-6-12-25-40)62-51-33-20-18-31-45(51)47-35-34-46-44-30-17-19-32-50(44)61(53(46)54(47)62)43-28-15-8-16-29-43/h3-37H,1-2H2/b38-21+. The number of benzene rings is 8. The highest BCUT2D eigenvalue weighted by Gasteiger charge is 2.26. The first-order valence-corrected chi connectivity index (χ1v) is 20.8. The first-order valence-electron chi connectivity index (χ1n) is 20.8. The van der Waals surface area contributed by atoms with Crippen molar-refractivity contribution in [1.29, 1.82) is 0 Å². The molecule has 0 fully saturated rings. The van der Waals surface area contributed by atoms with Gasteiger partial charge in [0, 0.05) is 55.1 Å². The van der Waals surface area contributed by atoms with Crippen LogP contribution >= 0.6 is 0 Å². The average molecular weight is 794 g/mol. The highest BCUT2D eigenvalue weighted by molar-refractivity contribution is 6.24. The van der Waals surface area contributed by atoms with Crippen LogP contribution in [0.2, 0.25) is 0 Å². The van der Waals surface area contributed by atoms with E-state index in [0.717, 1.165) is 72.4 Å². The fraction of sp³-hybridized carbons (Fsp3) is 0. The molecule has 3 aromatic heterocycles. The number of hydrogen-bond acceptors (Lipinski definition) is 3. The fourth-order valence-electron chi connectivity index (χ4n) is 8.97. The van der Waals surface area contributed by atoms with Gasteiger partial charge in [0.1, 0.15) is 0 Å². The molecule has 0 saturated heterocycles. The Morgan fingerprint density at radius 2 is 0.871 bits per heavy atom. The van der Waals surface area contributed by atoms with Crippen molar-refractivity contribution in [2.45, 2.75) is 0 Å². The van der Waals surface area contributed by atoms with Crippen LogP contribution in [0.1, 0.15) is 5.82 Å². The summed E-state index contributed by atoms with van der Waals surface area (Å²) in [4.78, 5) is 15.3. The van der Waals surface area contributed by atoms with Crippen molar-refractivity contribution in [3.8, 4) is 56.4 Å². The Balaban J connectivity index is 1.32. The van der Waals surface area contributed by atoms with Crippen LogP contribution in [0.4, 0.5) is 0 Å². The molecule has 5 nitrogen and oxygen atoms in total. The minimum absolute atomic E-state index is 0.522. The highest BCUT2D eigenvalue weighted by Crippen LogP contribution is 2.47. The van der Waals surface area contributed by atoms with E-state index in [1.165, 1.54) is 21.5 Å². The normalized spacial score (nSPS) is 11.8. The van der Waals surface area contributed by atoms with Gasteiger partial charge in [-0.05, 0) is 47.5 Å². The molecule has 0 spiro atoms. The van der Waals surface area contributed by atoms with Gasteiger partial charge < -0.3 is 9.13 Å². The van der Waals surface area contributed by atoms with E-state index in [2.05, 4.69) is 186 Å². The van der Waals surface area contributed by atoms with Gasteiger partial charge in [-0.3, -0.25) is 0 Å². The van der Waals surface area contributed by atoms with Crippen molar-refractivity contribution in [2.24, 2.45) is 0 Å². The second-order valence-electron chi connectivity index (χ2n) is 15.3. The second-order valence-corrected chi connectivity index (χ2v) is 15.3. The fourth-order valence-corrected chi connectivity index (χ4v) is 8.97. The lowest BCUT2D eigenvalue weighted by atomic mass is 9.92. The minimum Gasteiger partial charge on any atom is -0.307 e. The highest BCUT2D eigenvalue weighted by atomic mass is 15.1. The number of rotatable bonds is 9. The van der Waals surface area contributed by atoms with E-state index in [1.54, 1.807) is 12.2 Å². The SMILES string of the molecule is C=C/C=C(\C=C)c1nc(-c2ccccc2)nc(-c2cc(-c3ccccc3)c(-n3c4ccccc4c4ccc5c6ccccc6n(-c6ccccc6)c5c43)c(-c3ccccc3)c2)n1. The Labute approximate surface area is 359 Å².